The van der Waals surface area contributed by atoms with Crippen molar-refractivity contribution in [3.8, 4) is 0 Å². The summed E-state index contributed by atoms with van der Waals surface area (Å²) in [6.07, 6.45) is 5.23. The average Bonchev–Trinajstić information content (AvgIpc) is 2.80. The lowest BCUT2D eigenvalue weighted by atomic mass is 10.0. The minimum absolute atomic E-state index is 0.0685. The topological polar surface area (TPSA) is 52.7 Å². The standard InChI is InChI=1S/C11H17N3O2/c15-10-5-12-11(16)14(10)9-6-13(7-9)8-3-1-2-4-8/h8-9H,1-7H2,(H,12,16). The highest BCUT2D eigenvalue weighted by atomic mass is 16.2. The Balaban J connectivity index is 1.56. The van der Waals surface area contributed by atoms with Gasteiger partial charge < -0.3 is 5.32 Å². The molecule has 0 aromatic carbocycles. The van der Waals surface area contributed by atoms with Gasteiger partial charge in [-0.3, -0.25) is 14.6 Å². The normalized spacial score (nSPS) is 28.6. The lowest BCUT2D eigenvalue weighted by molar-refractivity contribution is -0.129. The third kappa shape index (κ3) is 1.50. The van der Waals surface area contributed by atoms with Crippen LogP contribution in [0.1, 0.15) is 25.7 Å². The lowest BCUT2D eigenvalue weighted by Crippen LogP contribution is -2.63. The van der Waals surface area contributed by atoms with Crippen LogP contribution >= 0.6 is 0 Å². The van der Waals surface area contributed by atoms with Gasteiger partial charge in [-0.25, -0.2) is 4.79 Å². The third-order valence-corrected chi connectivity index (χ3v) is 3.98. The minimum Gasteiger partial charge on any atom is -0.329 e. The SMILES string of the molecule is O=C1CNC(=O)N1C1CN(C2CCCC2)C1. The molecular weight excluding hydrogens is 206 g/mol. The largest absolute Gasteiger partial charge is 0.329 e. The van der Waals surface area contributed by atoms with Gasteiger partial charge in [-0.1, -0.05) is 12.8 Å². The van der Waals surface area contributed by atoms with Crippen LogP contribution in [0, 0.1) is 0 Å². The maximum absolute atomic E-state index is 11.5. The van der Waals surface area contributed by atoms with E-state index < -0.39 is 0 Å². The maximum atomic E-state index is 11.5. The summed E-state index contributed by atoms with van der Waals surface area (Å²) in [6, 6.07) is 0.619. The number of likely N-dealkylation sites (tertiary alicyclic amines) is 1. The van der Waals surface area contributed by atoms with Gasteiger partial charge in [0.05, 0.1) is 12.6 Å². The highest BCUT2D eigenvalue weighted by Gasteiger charge is 2.43. The molecule has 0 radical (unpaired) electrons. The molecule has 3 amide bonds. The van der Waals surface area contributed by atoms with E-state index in [1.807, 2.05) is 0 Å². The molecular formula is C11H17N3O2. The molecule has 3 aliphatic rings. The van der Waals surface area contributed by atoms with E-state index in [0.717, 1.165) is 13.1 Å². The molecule has 1 aliphatic carbocycles. The van der Waals surface area contributed by atoms with Crippen molar-refractivity contribution >= 4 is 11.9 Å². The molecule has 5 heteroatoms. The summed E-state index contributed by atoms with van der Waals surface area (Å²) in [7, 11) is 0. The number of nitrogens with zero attached hydrogens (tertiary/aromatic N) is 2. The zero-order valence-electron chi connectivity index (χ0n) is 9.32. The van der Waals surface area contributed by atoms with Crippen LogP contribution in [-0.4, -0.2) is 53.5 Å². The number of hydrogen-bond donors (Lipinski definition) is 1. The Kier molecular flexibility index (Phi) is 2.35. The molecule has 2 heterocycles. The summed E-state index contributed by atoms with van der Waals surface area (Å²) < 4.78 is 0. The van der Waals surface area contributed by atoms with Gasteiger partial charge in [0, 0.05) is 19.1 Å². The molecule has 0 spiro atoms. The van der Waals surface area contributed by atoms with E-state index in [2.05, 4.69) is 10.2 Å². The smallest absolute Gasteiger partial charge is 0.324 e. The van der Waals surface area contributed by atoms with E-state index in [0.29, 0.717) is 6.04 Å². The van der Waals surface area contributed by atoms with Crippen LogP contribution in [0.5, 0.6) is 0 Å². The molecule has 3 fully saturated rings. The van der Waals surface area contributed by atoms with Gasteiger partial charge >= 0.3 is 6.03 Å². The predicted molar refractivity (Wildman–Crippen MR) is 57.9 cm³/mol. The van der Waals surface area contributed by atoms with Gasteiger partial charge in [-0.05, 0) is 12.8 Å². The number of rotatable bonds is 2. The Morgan fingerprint density at radius 3 is 2.31 bits per heavy atom. The van der Waals surface area contributed by atoms with Crippen molar-refractivity contribution in [2.24, 2.45) is 0 Å². The van der Waals surface area contributed by atoms with Crippen LogP contribution in [0.15, 0.2) is 0 Å². The number of amides is 3. The zero-order chi connectivity index (χ0) is 11.1. The van der Waals surface area contributed by atoms with E-state index >= 15 is 0 Å². The molecule has 2 saturated heterocycles. The van der Waals surface area contributed by atoms with Crippen molar-refractivity contribution in [1.82, 2.24) is 15.1 Å². The quantitative estimate of drug-likeness (QED) is 0.679. The minimum atomic E-state index is -0.207. The van der Waals surface area contributed by atoms with Crippen molar-refractivity contribution < 1.29 is 9.59 Å². The molecule has 0 aromatic rings. The number of carbonyl (C=O) groups is 2. The van der Waals surface area contributed by atoms with Crippen LogP contribution in [0.4, 0.5) is 4.79 Å². The van der Waals surface area contributed by atoms with E-state index in [-0.39, 0.29) is 24.5 Å². The molecule has 0 aromatic heterocycles. The highest BCUT2D eigenvalue weighted by molar-refractivity contribution is 6.02. The van der Waals surface area contributed by atoms with E-state index in [4.69, 9.17) is 0 Å². The van der Waals surface area contributed by atoms with Crippen LogP contribution in [0.25, 0.3) is 0 Å². The first kappa shape index (κ1) is 10.1. The van der Waals surface area contributed by atoms with Crippen molar-refractivity contribution in [3.63, 3.8) is 0 Å². The van der Waals surface area contributed by atoms with Crippen LogP contribution < -0.4 is 5.32 Å². The van der Waals surface area contributed by atoms with Crippen molar-refractivity contribution in [2.45, 2.75) is 37.8 Å². The number of carbonyl (C=O) groups excluding carboxylic acids is 2. The van der Waals surface area contributed by atoms with Crippen LogP contribution in [0.3, 0.4) is 0 Å². The van der Waals surface area contributed by atoms with Crippen LogP contribution in [-0.2, 0) is 4.79 Å². The summed E-state index contributed by atoms with van der Waals surface area (Å²) in [5, 5.41) is 2.57. The molecule has 1 N–H and O–H groups in total. The van der Waals surface area contributed by atoms with E-state index in [1.165, 1.54) is 30.6 Å². The Morgan fingerprint density at radius 2 is 1.75 bits per heavy atom. The number of hydrogen-bond acceptors (Lipinski definition) is 3. The van der Waals surface area contributed by atoms with Crippen molar-refractivity contribution in [3.05, 3.63) is 0 Å². The molecule has 3 rings (SSSR count). The molecule has 88 valence electrons. The van der Waals surface area contributed by atoms with Crippen molar-refractivity contribution in [2.75, 3.05) is 19.6 Å². The second-order valence-corrected chi connectivity index (χ2v) is 4.97. The number of imide groups is 1. The highest BCUT2D eigenvalue weighted by Crippen LogP contribution is 2.29. The summed E-state index contributed by atoms with van der Waals surface area (Å²) in [4.78, 5) is 26.7. The second kappa shape index (κ2) is 3.73. The first-order valence-electron chi connectivity index (χ1n) is 6.09. The monoisotopic (exact) mass is 223 g/mol. The predicted octanol–water partition coefficient (Wildman–Crippen LogP) is 0.165. The van der Waals surface area contributed by atoms with Gasteiger partial charge in [0.25, 0.3) is 0 Å². The van der Waals surface area contributed by atoms with Gasteiger partial charge in [-0.15, -0.1) is 0 Å². The fraction of sp³-hybridized carbons (Fsp3) is 0.818. The summed E-state index contributed by atoms with van der Waals surface area (Å²) in [5.74, 6) is -0.0685. The van der Waals surface area contributed by atoms with E-state index in [9.17, 15) is 9.59 Å². The average molecular weight is 223 g/mol. The van der Waals surface area contributed by atoms with Crippen molar-refractivity contribution in [1.29, 1.82) is 0 Å². The number of urea groups is 1. The Hall–Kier alpha value is -1.10. The third-order valence-electron chi connectivity index (χ3n) is 3.98. The summed E-state index contributed by atoms with van der Waals surface area (Å²) in [6.45, 7) is 1.94. The fourth-order valence-corrected chi connectivity index (χ4v) is 3.02. The summed E-state index contributed by atoms with van der Waals surface area (Å²) in [5.41, 5.74) is 0. The second-order valence-electron chi connectivity index (χ2n) is 4.97. The Labute approximate surface area is 94.8 Å². The Morgan fingerprint density at radius 1 is 1.06 bits per heavy atom. The zero-order valence-corrected chi connectivity index (χ0v) is 9.32. The van der Waals surface area contributed by atoms with Crippen LogP contribution in [0.2, 0.25) is 0 Å². The van der Waals surface area contributed by atoms with Gasteiger partial charge in [0.2, 0.25) is 5.91 Å². The molecule has 0 bridgehead atoms. The Bertz CT molecular complexity index is 303. The molecule has 0 unspecified atom stereocenters. The molecule has 0 atom stereocenters. The van der Waals surface area contributed by atoms with E-state index in [1.54, 1.807) is 0 Å². The maximum Gasteiger partial charge on any atom is 0.324 e. The van der Waals surface area contributed by atoms with Gasteiger partial charge in [0.15, 0.2) is 0 Å². The lowest BCUT2D eigenvalue weighted by Gasteiger charge is -2.45. The number of nitrogens with one attached hydrogen (secondary N) is 1. The van der Waals surface area contributed by atoms with Gasteiger partial charge in [0.1, 0.15) is 0 Å². The first-order valence-corrected chi connectivity index (χ1v) is 6.09. The molecule has 16 heavy (non-hydrogen) atoms. The summed E-state index contributed by atoms with van der Waals surface area (Å²) >= 11 is 0. The first-order chi connectivity index (χ1) is 7.75. The molecule has 5 nitrogen and oxygen atoms in total. The van der Waals surface area contributed by atoms with Gasteiger partial charge in [-0.2, -0.15) is 0 Å². The molecule has 1 saturated carbocycles. The fourth-order valence-electron chi connectivity index (χ4n) is 3.02. The molecule has 2 aliphatic heterocycles.